The van der Waals surface area contributed by atoms with E-state index in [0.717, 1.165) is 12.3 Å². The minimum atomic E-state index is 0.440. The van der Waals surface area contributed by atoms with Crippen molar-refractivity contribution in [3.05, 3.63) is 0 Å². The fraction of sp³-hybridized carbons (Fsp3) is 0.867. The molecule has 1 N–H and O–H groups in total. The summed E-state index contributed by atoms with van der Waals surface area (Å²) in [5.74, 6) is 3.67. The summed E-state index contributed by atoms with van der Waals surface area (Å²) in [5.41, 5.74) is 0.951. The van der Waals surface area contributed by atoms with Gasteiger partial charge in [-0.2, -0.15) is 0 Å². The van der Waals surface area contributed by atoms with Crippen LogP contribution in [0.15, 0.2) is 0 Å². The van der Waals surface area contributed by atoms with Crippen molar-refractivity contribution in [3.8, 4) is 12.3 Å². The van der Waals surface area contributed by atoms with E-state index in [1.807, 2.05) is 0 Å². The molecule has 0 spiro atoms. The van der Waals surface area contributed by atoms with Crippen molar-refractivity contribution in [3.63, 3.8) is 0 Å². The summed E-state index contributed by atoms with van der Waals surface area (Å²) in [5, 5.41) is 3.80. The van der Waals surface area contributed by atoms with Crippen molar-refractivity contribution in [2.45, 2.75) is 65.5 Å². The number of fused-ring (bicyclic) bond motifs is 2. The van der Waals surface area contributed by atoms with E-state index >= 15 is 0 Å². The molecule has 0 aromatic rings. The lowest BCUT2D eigenvalue weighted by Gasteiger charge is -2.44. The van der Waals surface area contributed by atoms with Crippen molar-refractivity contribution in [1.82, 2.24) is 5.32 Å². The van der Waals surface area contributed by atoms with E-state index in [-0.39, 0.29) is 0 Å². The molecule has 2 unspecified atom stereocenters. The maximum Gasteiger partial charge on any atom is 0.0238 e. The summed E-state index contributed by atoms with van der Waals surface area (Å²) in [7, 11) is 0. The molecule has 2 fully saturated rings. The van der Waals surface area contributed by atoms with Crippen LogP contribution in [0.5, 0.6) is 0 Å². The first-order valence-electron chi connectivity index (χ1n) is 6.59. The molecule has 16 heavy (non-hydrogen) atoms. The third-order valence-electron chi connectivity index (χ3n) is 5.14. The predicted molar refractivity (Wildman–Crippen MR) is 69.1 cm³/mol. The second-order valence-electron chi connectivity index (χ2n) is 6.82. The fourth-order valence-corrected chi connectivity index (χ4v) is 4.24. The quantitative estimate of drug-likeness (QED) is 0.719. The molecule has 2 aliphatic carbocycles. The molecule has 0 saturated heterocycles. The average molecular weight is 219 g/mol. The highest BCUT2D eigenvalue weighted by atomic mass is 15.0. The lowest BCUT2D eigenvalue weighted by atomic mass is 9.68. The fourth-order valence-electron chi connectivity index (χ4n) is 4.24. The Labute approximate surface area is 100 Å². The van der Waals surface area contributed by atoms with Gasteiger partial charge in [0, 0.05) is 18.5 Å². The molecule has 90 valence electrons. The lowest BCUT2D eigenvalue weighted by molar-refractivity contribution is 0.101. The van der Waals surface area contributed by atoms with Crippen LogP contribution in [-0.2, 0) is 0 Å². The molecule has 0 heterocycles. The first kappa shape index (κ1) is 12.0. The second kappa shape index (κ2) is 3.77. The van der Waals surface area contributed by atoms with Gasteiger partial charge in [0.25, 0.3) is 0 Å². The van der Waals surface area contributed by atoms with Crippen LogP contribution in [0.4, 0.5) is 0 Å². The molecule has 2 bridgehead atoms. The Morgan fingerprint density at radius 1 is 1.44 bits per heavy atom. The zero-order valence-electron chi connectivity index (χ0n) is 11.1. The van der Waals surface area contributed by atoms with Gasteiger partial charge in [0.05, 0.1) is 0 Å². The van der Waals surface area contributed by atoms with Gasteiger partial charge in [-0.1, -0.05) is 20.8 Å². The van der Waals surface area contributed by atoms with Crippen LogP contribution in [0.1, 0.15) is 53.4 Å². The summed E-state index contributed by atoms with van der Waals surface area (Å²) < 4.78 is 0. The summed E-state index contributed by atoms with van der Waals surface area (Å²) in [6, 6.07) is 1.09. The minimum absolute atomic E-state index is 0.440. The first-order chi connectivity index (χ1) is 7.40. The Kier molecular flexibility index (Phi) is 2.83. The van der Waals surface area contributed by atoms with Crippen LogP contribution >= 0.6 is 0 Å². The topological polar surface area (TPSA) is 12.0 Å². The molecule has 1 nitrogen and oxygen atoms in total. The van der Waals surface area contributed by atoms with E-state index in [2.05, 4.69) is 38.9 Å². The molecular weight excluding hydrogens is 194 g/mol. The standard InChI is InChI=1S/C15H25N/c1-6-7-11(2)16-13-14(3,4)12-8-9-15(13,5)10-12/h1,11-13,16H,7-10H2,2-5H3/t11?,12-,13?,15+/m0/s1. The molecule has 0 amide bonds. The van der Waals surface area contributed by atoms with E-state index in [1.54, 1.807) is 0 Å². The van der Waals surface area contributed by atoms with Crippen molar-refractivity contribution in [2.24, 2.45) is 16.7 Å². The Bertz CT molecular complexity index is 307. The summed E-state index contributed by atoms with van der Waals surface area (Å²) in [4.78, 5) is 0. The number of rotatable bonds is 3. The van der Waals surface area contributed by atoms with Gasteiger partial charge in [0.15, 0.2) is 0 Å². The SMILES string of the molecule is C#CCC(C)NC1C(C)(C)[C@H]2CC[C@]1(C)C2. The van der Waals surface area contributed by atoms with Crippen molar-refractivity contribution in [1.29, 1.82) is 0 Å². The van der Waals surface area contributed by atoms with Gasteiger partial charge in [-0.3, -0.25) is 0 Å². The lowest BCUT2D eigenvalue weighted by Crippen LogP contribution is -2.53. The van der Waals surface area contributed by atoms with Gasteiger partial charge < -0.3 is 5.32 Å². The molecule has 2 aliphatic rings. The number of terminal acetylenes is 1. The molecule has 0 radical (unpaired) electrons. The Hall–Kier alpha value is -0.480. The van der Waals surface area contributed by atoms with Crippen LogP contribution in [0, 0.1) is 29.1 Å². The Balaban J connectivity index is 2.11. The van der Waals surface area contributed by atoms with Crippen molar-refractivity contribution >= 4 is 0 Å². The van der Waals surface area contributed by atoms with Crippen LogP contribution in [-0.4, -0.2) is 12.1 Å². The molecule has 4 atom stereocenters. The molecule has 2 saturated carbocycles. The molecular formula is C15H25N. The van der Waals surface area contributed by atoms with E-state index in [0.29, 0.717) is 22.9 Å². The third-order valence-corrected chi connectivity index (χ3v) is 5.14. The van der Waals surface area contributed by atoms with Gasteiger partial charge >= 0.3 is 0 Å². The van der Waals surface area contributed by atoms with Gasteiger partial charge in [-0.15, -0.1) is 12.3 Å². The van der Waals surface area contributed by atoms with Crippen LogP contribution < -0.4 is 5.32 Å². The largest absolute Gasteiger partial charge is 0.309 e. The Morgan fingerprint density at radius 2 is 2.12 bits per heavy atom. The van der Waals surface area contributed by atoms with Crippen LogP contribution in [0.25, 0.3) is 0 Å². The smallest absolute Gasteiger partial charge is 0.0238 e. The first-order valence-corrected chi connectivity index (χ1v) is 6.59. The number of hydrogen-bond donors (Lipinski definition) is 1. The molecule has 2 rings (SSSR count). The maximum absolute atomic E-state index is 5.39. The summed E-state index contributed by atoms with van der Waals surface area (Å²) >= 11 is 0. The zero-order valence-corrected chi connectivity index (χ0v) is 11.1. The van der Waals surface area contributed by atoms with Gasteiger partial charge in [-0.25, -0.2) is 0 Å². The third kappa shape index (κ3) is 1.68. The molecule has 1 heteroatoms. The minimum Gasteiger partial charge on any atom is -0.309 e. The maximum atomic E-state index is 5.39. The summed E-state index contributed by atoms with van der Waals surface area (Å²) in [6.45, 7) is 9.54. The number of hydrogen-bond acceptors (Lipinski definition) is 1. The number of nitrogens with one attached hydrogen (secondary N) is 1. The van der Waals surface area contributed by atoms with Crippen molar-refractivity contribution < 1.29 is 0 Å². The monoisotopic (exact) mass is 219 g/mol. The van der Waals surface area contributed by atoms with E-state index in [4.69, 9.17) is 6.42 Å². The zero-order chi connectivity index (χ0) is 12.0. The Morgan fingerprint density at radius 3 is 2.62 bits per heavy atom. The average Bonchev–Trinajstić information content (AvgIpc) is 2.64. The van der Waals surface area contributed by atoms with Crippen LogP contribution in [0.2, 0.25) is 0 Å². The molecule has 0 aromatic carbocycles. The van der Waals surface area contributed by atoms with Crippen LogP contribution in [0.3, 0.4) is 0 Å². The highest BCUT2D eigenvalue weighted by molar-refractivity contribution is 5.12. The van der Waals surface area contributed by atoms with E-state index in [9.17, 15) is 0 Å². The second-order valence-corrected chi connectivity index (χ2v) is 6.82. The van der Waals surface area contributed by atoms with Gasteiger partial charge in [0.1, 0.15) is 0 Å². The molecule has 0 aromatic heterocycles. The van der Waals surface area contributed by atoms with Gasteiger partial charge in [0.2, 0.25) is 0 Å². The van der Waals surface area contributed by atoms with E-state index < -0.39 is 0 Å². The highest BCUT2D eigenvalue weighted by Crippen LogP contribution is 2.62. The summed E-state index contributed by atoms with van der Waals surface area (Å²) in [6.07, 6.45) is 10.4. The normalized spacial score (nSPS) is 41.9. The van der Waals surface area contributed by atoms with Gasteiger partial charge in [-0.05, 0) is 42.9 Å². The predicted octanol–water partition coefficient (Wildman–Crippen LogP) is 3.20. The molecule has 0 aliphatic heterocycles. The van der Waals surface area contributed by atoms with E-state index in [1.165, 1.54) is 19.3 Å². The van der Waals surface area contributed by atoms with Crippen molar-refractivity contribution in [2.75, 3.05) is 0 Å². The highest BCUT2D eigenvalue weighted by Gasteiger charge is 2.59.